The number of aromatic nitrogens is 3. The summed E-state index contributed by atoms with van der Waals surface area (Å²) in [7, 11) is -2.49. The van der Waals surface area contributed by atoms with Crippen LogP contribution >= 0.6 is 0 Å². The lowest BCUT2D eigenvalue weighted by atomic mass is 10.2. The summed E-state index contributed by atoms with van der Waals surface area (Å²) in [5.41, 5.74) is 1.88. The highest BCUT2D eigenvalue weighted by molar-refractivity contribution is 7.90. The van der Waals surface area contributed by atoms with Gasteiger partial charge in [-0.25, -0.2) is 23.2 Å². The van der Waals surface area contributed by atoms with Crippen molar-refractivity contribution in [2.45, 2.75) is 17.5 Å². The van der Waals surface area contributed by atoms with Crippen LogP contribution in [0.15, 0.2) is 70.7 Å². The second-order valence-corrected chi connectivity index (χ2v) is 8.27. The molecule has 0 bridgehead atoms. The van der Waals surface area contributed by atoms with E-state index in [0.717, 1.165) is 0 Å². The number of hydrogen-bond acceptors (Lipinski definition) is 7. The quantitative estimate of drug-likeness (QED) is 0.449. The van der Waals surface area contributed by atoms with Crippen LogP contribution in [0, 0.1) is 0 Å². The molecule has 9 heteroatoms. The largest absolute Gasteiger partial charge is 0.465 e. The third-order valence-electron chi connectivity index (χ3n) is 4.41. The van der Waals surface area contributed by atoms with Gasteiger partial charge < -0.3 is 13.7 Å². The van der Waals surface area contributed by atoms with Gasteiger partial charge in [0.2, 0.25) is 15.0 Å². The molecule has 29 heavy (non-hydrogen) atoms. The number of fused-ring (bicyclic) bond motifs is 1. The Morgan fingerprint density at radius 2 is 1.97 bits per heavy atom. The lowest BCUT2D eigenvalue weighted by Crippen LogP contribution is -2.14. The predicted octanol–water partition coefficient (Wildman–Crippen LogP) is 2.83. The first-order valence-electron chi connectivity index (χ1n) is 8.70. The Morgan fingerprint density at radius 3 is 2.66 bits per heavy atom. The fourth-order valence-electron chi connectivity index (χ4n) is 3.07. The van der Waals surface area contributed by atoms with Crippen LogP contribution in [-0.4, -0.2) is 36.0 Å². The van der Waals surface area contributed by atoms with Gasteiger partial charge in [0.05, 0.1) is 42.2 Å². The Labute approximate surface area is 166 Å². The third kappa shape index (κ3) is 3.77. The Balaban J connectivity index is 1.86. The zero-order chi connectivity index (χ0) is 20.4. The first-order chi connectivity index (χ1) is 14.0. The second kappa shape index (κ2) is 7.51. The van der Waals surface area contributed by atoms with Crippen molar-refractivity contribution in [2.75, 3.05) is 7.11 Å². The average molecular weight is 411 g/mol. The highest BCUT2D eigenvalue weighted by Gasteiger charge is 2.25. The Bertz CT molecular complexity index is 1260. The Morgan fingerprint density at radius 1 is 1.17 bits per heavy atom. The van der Waals surface area contributed by atoms with E-state index in [0.29, 0.717) is 27.9 Å². The number of carbonyl (C=O) groups is 1. The van der Waals surface area contributed by atoms with Crippen molar-refractivity contribution in [2.24, 2.45) is 0 Å². The summed E-state index contributed by atoms with van der Waals surface area (Å²) in [6.45, 7) is 0.102. The molecule has 4 aromatic rings. The molecule has 0 saturated carbocycles. The maximum Gasteiger partial charge on any atom is 0.337 e. The van der Waals surface area contributed by atoms with Gasteiger partial charge in [-0.2, -0.15) is 0 Å². The minimum atomic E-state index is -3.77. The number of esters is 1. The Kier molecular flexibility index (Phi) is 4.89. The van der Waals surface area contributed by atoms with Crippen molar-refractivity contribution < 1.29 is 22.4 Å². The van der Waals surface area contributed by atoms with E-state index in [2.05, 4.69) is 9.97 Å². The summed E-state index contributed by atoms with van der Waals surface area (Å²) < 4.78 is 37.9. The highest BCUT2D eigenvalue weighted by Crippen LogP contribution is 2.25. The van der Waals surface area contributed by atoms with Crippen LogP contribution in [-0.2, 0) is 26.9 Å². The molecule has 2 aromatic heterocycles. The number of benzene rings is 2. The standard InChI is InChI=1S/C20H17N3O5S/c1-27-19(24)15-7-8-17-18(9-15)23(11-16-10-21-13-28-16)20(22-17)29(25,26)12-14-5-3-2-4-6-14/h2-10,13H,11-12H2,1H3. The molecule has 0 fully saturated rings. The lowest BCUT2D eigenvalue weighted by molar-refractivity contribution is 0.0601. The number of hydrogen-bond donors (Lipinski definition) is 0. The van der Waals surface area contributed by atoms with E-state index < -0.39 is 15.8 Å². The van der Waals surface area contributed by atoms with Crippen LogP contribution in [0.5, 0.6) is 0 Å². The van der Waals surface area contributed by atoms with Crippen LogP contribution in [0.25, 0.3) is 11.0 Å². The van der Waals surface area contributed by atoms with Gasteiger partial charge in [-0.05, 0) is 23.8 Å². The van der Waals surface area contributed by atoms with Crippen molar-refractivity contribution in [3.8, 4) is 0 Å². The van der Waals surface area contributed by atoms with E-state index in [-0.39, 0.29) is 17.5 Å². The lowest BCUT2D eigenvalue weighted by Gasteiger charge is -2.09. The van der Waals surface area contributed by atoms with Gasteiger partial charge in [-0.1, -0.05) is 30.3 Å². The number of rotatable bonds is 6. The summed E-state index contributed by atoms with van der Waals surface area (Å²) in [4.78, 5) is 20.2. The van der Waals surface area contributed by atoms with Gasteiger partial charge in [0, 0.05) is 0 Å². The monoisotopic (exact) mass is 411 g/mol. The fraction of sp³-hybridized carbons (Fsp3) is 0.150. The molecule has 2 aromatic carbocycles. The molecule has 0 N–H and O–H groups in total. The van der Waals surface area contributed by atoms with Crippen LogP contribution < -0.4 is 0 Å². The number of nitrogens with zero attached hydrogens (tertiary/aromatic N) is 3. The van der Waals surface area contributed by atoms with Gasteiger partial charge in [0.15, 0.2) is 6.39 Å². The summed E-state index contributed by atoms with van der Waals surface area (Å²) >= 11 is 0. The van der Waals surface area contributed by atoms with Crippen molar-refractivity contribution in [1.29, 1.82) is 0 Å². The number of methoxy groups -OCH3 is 1. The van der Waals surface area contributed by atoms with E-state index in [4.69, 9.17) is 9.15 Å². The number of imidazole rings is 1. The number of ether oxygens (including phenoxy) is 1. The molecule has 0 spiro atoms. The molecular formula is C20H17N3O5S. The zero-order valence-corrected chi connectivity index (χ0v) is 16.3. The first-order valence-corrected chi connectivity index (χ1v) is 10.4. The van der Waals surface area contributed by atoms with E-state index in [1.165, 1.54) is 24.3 Å². The van der Waals surface area contributed by atoms with Gasteiger partial charge in [0.25, 0.3) is 0 Å². The van der Waals surface area contributed by atoms with Crippen molar-refractivity contribution in [3.63, 3.8) is 0 Å². The molecule has 0 aliphatic carbocycles. The predicted molar refractivity (Wildman–Crippen MR) is 104 cm³/mol. The van der Waals surface area contributed by atoms with Gasteiger partial charge >= 0.3 is 5.97 Å². The third-order valence-corrected chi connectivity index (χ3v) is 5.99. The zero-order valence-electron chi connectivity index (χ0n) is 15.5. The van der Waals surface area contributed by atoms with Crippen molar-refractivity contribution in [1.82, 2.24) is 14.5 Å². The van der Waals surface area contributed by atoms with Crippen LogP contribution in [0.4, 0.5) is 0 Å². The molecule has 148 valence electrons. The maximum atomic E-state index is 13.2. The van der Waals surface area contributed by atoms with Crippen LogP contribution in [0.2, 0.25) is 0 Å². The molecular weight excluding hydrogens is 394 g/mol. The molecule has 8 nitrogen and oxygen atoms in total. The van der Waals surface area contributed by atoms with Crippen molar-refractivity contribution >= 4 is 26.8 Å². The summed E-state index contributed by atoms with van der Waals surface area (Å²) in [5, 5.41) is -0.102. The molecule has 0 atom stereocenters. The van der Waals surface area contributed by atoms with Crippen LogP contribution in [0.1, 0.15) is 21.7 Å². The molecule has 2 heterocycles. The van der Waals surface area contributed by atoms with E-state index in [1.807, 2.05) is 6.07 Å². The summed E-state index contributed by atoms with van der Waals surface area (Å²) in [6, 6.07) is 13.6. The Hall–Kier alpha value is -3.46. The summed E-state index contributed by atoms with van der Waals surface area (Å²) in [6.07, 6.45) is 2.77. The van der Waals surface area contributed by atoms with Crippen LogP contribution in [0.3, 0.4) is 0 Å². The van der Waals surface area contributed by atoms with Gasteiger partial charge in [-0.15, -0.1) is 0 Å². The molecule has 4 rings (SSSR count). The summed E-state index contributed by atoms with van der Waals surface area (Å²) in [5.74, 6) is -0.255. The van der Waals surface area contributed by atoms with E-state index in [1.54, 1.807) is 42.5 Å². The number of sulfone groups is 1. The molecule has 0 radical (unpaired) electrons. The molecule has 0 unspecified atom stereocenters. The number of carbonyl (C=O) groups excluding carboxylic acids is 1. The van der Waals surface area contributed by atoms with Gasteiger partial charge in [0.1, 0.15) is 5.76 Å². The topological polar surface area (TPSA) is 104 Å². The fourth-order valence-corrected chi connectivity index (χ4v) is 4.57. The SMILES string of the molecule is COC(=O)c1ccc2nc(S(=O)(=O)Cc3ccccc3)n(Cc3cnco3)c2c1. The number of oxazole rings is 1. The smallest absolute Gasteiger partial charge is 0.337 e. The van der Waals surface area contributed by atoms with E-state index in [9.17, 15) is 13.2 Å². The minimum Gasteiger partial charge on any atom is -0.465 e. The maximum absolute atomic E-state index is 13.2. The molecule has 0 aliphatic rings. The second-order valence-electron chi connectivity index (χ2n) is 6.39. The molecule has 0 amide bonds. The highest BCUT2D eigenvalue weighted by atomic mass is 32.2. The first kappa shape index (κ1) is 18.9. The normalized spacial score (nSPS) is 11.6. The molecule has 0 aliphatic heterocycles. The van der Waals surface area contributed by atoms with Crippen molar-refractivity contribution in [3.05, 3.63) is 78.0 Å². The van der Waals surface area contributed by atoms with Gasteiger partial charge in [-0.3, -0.25) is 0 Å². The molecule has 0 saturated heterocycles. The average Bonchev–Trinajstić information content (AvgIpc) is 3.36. The minimum absolute atomic E-state index is 0.102. The van der Waals surface area contributed by atoms with E-state index >= 15 is 0 Å².